The Morgan fingerprint density at radius 1 is 1.33 bits per heavy atom. The van der Waals surface area contributed by atoms with E-state index < -0.39 is 5.69 Å². The van der Waals surface area contributed by atoms with E-state index in [9.17, 15) is 9.59 Å². The molecule has 1 amide bonds. The third kappa shape index (κ3) is 2.03. The number of nitrogens with zero attached hydrogens (tertiary/aromatic N) is 4. The Hall–Kier alpha value is -2.83. The first kappa shape index (κ1) is 13.2. The largest absolute Gasteiger partial charge is 0.497 e. The molecule has 0 saturated carbocycles. The van der Waals surface area contributed by atoms with Crippen LogP contribution in [0.4, 0.5) is 10.5 Å². The average Bonchev–Trinajstić information content (AvgIpc) is 2.97. The third-order valence-corrected chi connectivity index (χ3v) is 3.33. The molecule has 1 aromatic carbocycles. The summed E-state index contributed by atoms with van der Waals surface area (Å²) in [4.78, 5) is 29.7. The van der Waals surface area contributed by atoms with Gasteiger partial charge in [-0.15, -0.1) is 6.58 Å². The Bertz CT molecular complexity index is 758. The molecule has 0 radical (unpaired) electrons. The van der Waals surface area contributed by atoms with Crippen molar-refractivity contribution in [3.63, 3.8) is 0 Å². The lowest BCUT2D eigenvalue weighted by Gasteiger charge is -2.15. The van der Waals surface area contributed by atoms with Crippen LogP contribution in [0, 0.1) is 0 Å². The van der Waals surface area contributed by atoms with Crippen LogP contribution in [0.5, 0.6) is 5.75 Å². The minimum atomic E-state index is -0.437. The quantitative estimate of drug-likeness (QED) is 0.793. The fourth-order valence-electron chi connectivity index (χ4n) is 2.33. The van der Waals surface area contributed by atoms with Crippen LogP contribution in [0.1, 0.15) is 5.82 Å². The van der Waals surface area contributed by atoms with Crippen LogP contribution in [-0.4, -0.2) is 27.5 Å². The highest BCUT2D eigenvalue weighted by Gasteiger charge is 2.32. The standard InChI is InChI=1S/C14H14N4O3/c1-3-8-17-13(19)15-12-9-16(14(20)18(12)17)10-4-6-11(21-2)7-5-10/h3-7H,1,8-9H2,2H3. The smallest absolute Gasteiger partial charge is 0.364 e. The van der Waals surface area contributed by atoms with Gasteiger partial charge in [-0.2, -0.15) is 9.67 Å². The van der Waals surface area contributed by atoms with Gasteiger partial charge >= 0.3 is 11.7 Å². The molecule has 0 spiro atoms. The molecular weight excluding hydrogens is 272 g/mol. The van der Waals surface area contributed by atoms with Gasteiger partial charge in [0.25, 0.3) is 0 Å². The van der Waals surface area contributed by atoms with Crippen molar-refractivity contribution in [2.45, 2.75) is 13.1 Å². The number of hydrogen-bond acceptors (Lipinski definition) is 4. The zero-order valence-corrected chi connectivity index (χ0v) is 11.5. The van der Waals surface area contributed by atoms with E-state index in [4.69, 9.17) is 4.74 Å². The molecule has 1 aliphatic rings. The van der Waals surface area contributed by atoms with Crippen molar-refractivity contribution in [3.05, 3.63) is 53.2 Å². The van der Waals surface area contributed by atoms with E-state index in [-0.39, 0.29) is 19.1 Å². The summed E-state index contributed by atoms with van der Waals surface area (Å²) in [5, 5.41) is 0. The van der Waals surface area contributed by atoms with E-state index in [1.807, 2.05) is 0 Å². The van der Waals surface area contributed by atoms with E-state index in [0.29, 0.717) is 11.6 Å². The van der Waals surface area contributed by atoms with Gasteiger partial charge in [0.05, 0.1) is 20.2 Å². The fourth-order valence-corrected chi connectivity index (χ4v) is 2.33. The maximum atomic E-state index is 12.5. The normalized spacial score (nSPS) is 13.4. The number of benzene rings is 1. The van der Waals surface area contributed by atoms with E-state index >= 15 is 0 Å². The van der Waals surface area contributed by atoms with Crippen LogP contribution in [0.15, 0.2) is 41.7 Å². The van der Waals surface area contributed by atoms with Crippen molar-refractivity contribution >= 4 is 11.7 Å². The maximum absolute atomic E-state index is 12.5. The lowest BCUT2D eigenvalue weighted by molar-refractivity contribution is 0.244. The van der Waals surface area contributed by atoms with Crippen LogP contribution in [0.3, 0.4) is 0 Å². The van der Waals surface area contributed by atoms with Crippen LogP contribution in [-0.2, 0) is 13.1 Å². The monoisotopic (exact) mass is 286 g/mol. The summed E-state index contributed by atoms with van der Waals surface area (Å²) in [7, 11) is 1.58. The molecule has 0 bridgehead atoms. The Balaban J connectivity index is 1.96. The number of carbonyl (C=O) groups excluding carboxylic acids is 1. The molecule has 7 heteroatoms. The topological polar surface area (TPSA) is 69.4 Å². The lowest BCUT2D eigenvalue weighted by atomic mass is 10.3. The van der Waals surface area contributed by atoms with Gasteiger partial charge in [0.1, 0.15) is 5.75 Å². The van der Waals surface area contributed by atoms with E-state index in [1.165, 1.54) is 9.36 Å². The van der Waals surface area contributed by atoms with Crippen molar-refractivity contribution < 1.29 is 9.53 Å². The predicted octanol–water partition coefficient (Wildman–Crippen LogP) is 1.23. The number of fused-ring (bicyclic) bond motifs is 1. The third-order valence-electron chi connectivity index (χ3n) is 3.33. The molecule has 0 fully saturated rings. The van der Waals surface area contributed by atoms with Gasteiger partial charge in [-0.25, -0.2) is 14.3 Å². The minimum absolute atomic E-state index is 0.244. The molecule has 0 unspecified atom stereocenters. The Labute approximate surface area is 120 Å². The first-order valence-electron chi connectivity index (χ1n) is 6.41. The zero-order valence-electron chi connectivity index (χ0n) is 11.5. The second kappa shape index (κ2) is 4.93. The van der Waals surface area contributed by atoms with Crippen LogP contribution >= 0.6 is 0 Å². The molecule has 0 aliphatic carbocycles. The summed E-state index contributed by atoms with van der Waals surface area (Å²) in [6, 6.07) is 6.84. The number of hydrogen-bond donors (Lipinski definition) is 0. The zero-order chi connectivity index (χ0) is 15.0. The Morgan fingerprint density at radius 3 is 2.67 bits per heavy atom. The fraction of sp³-hybridized carbons (Fsp3) is 0.214. The van der Waals surface area contributed by atoms with Crippen molar-refractivity contribution in [1.29, 1.82) is 0 Å². The number of carbonyl (C=O) groups is 1. The molecule has 1 aliphatic heterocycles. The van der Waals surface area contributed by atoms with Gasteiger partial charge in [-0.1, -0.05) is 6.08 Å². The molecule has 21 heavy (non-hydrogen) atoms. The van der Waals surface area contributed by atoms with E-state index in [0.717, 1.165) is 5.69 Å². The highest BCUT2D eigenvalue weighted by Crippen LogP contribution is 2.24. The summed E-state index contributed by atoms with van der Waals surface area (Å²) in [5.41, 5.74) is 0.288. The number of aromatic nitrogens is 3. The maximum Gasteiger partial charge on any atom is 0.364 e. The molecule has 3 rings (SSSR count). The molecule has 0 saturated heterocycles. The highest BCUT2D eigenvalue weighted by atomic mass is 16.5. The second-order valence-corrected chi connectivity index (χ2v) is 4.56. The molecule has 1 aromatic heterocycles. The van der Waals surface area contributed by atoms with Crippen molar-refractivity contribution in [1.82, 2.24) is 14.3 Å². The van der Waals surface area contributed by atoms with Gasteiger partial charge in [0, 0.05) is 5.69 Å². The molecular formula is C14H14N4O3. The van der Waals surface area contributed by atoms with Gasteiger partial charge in [0.2, 0.25) is 0 Å². The van der Waals surface area contributed by atoms with Gasteiger partial charge in [-0.05, 0) is 24.3 Å². The van der Waals surface area contributed by atoms with Crippen molar-refractivity contribution in [2.24, 2.45) is 0 Å². The molecule has 0 atom stereocenters. The van der Waals surface area contributed by atoms with Gasteiger partial charge < -0.3 is 4.74 Å². The number of methoxy groups -OCH3 is 1. The summed E-state index contributed by atoms with van der Waals surface area (Å²) in [6.07, 6.45) is 1.56. The minimum Gasteiger partial charge on any atom is -0.497 e. The lowest BCUT2D eigenvalue weighted by Crippen LogP contribution is -2.33. The SMILES string of the molecule is C=CCn1c(=O)nc2n1C(=O)N(c1ccc(OC)cc1)C2. The van der Waals surface area contributed by atoms with Crippen molar-refractivity contribution in [3.8, 4) is 5.75 Å². The first-order chi connectivity index (χ1) is 10.2. The summed E-state index contributed by atoms with van der Waals surface area (Å²) < 4.78 is 7.67. The number of rotatable bonds is 4. The molecule has 108 valence electrons. The van der Waals surface area contributed by atoms with E-state index in [1.54, 1.807) is 42.4 Å². The molecule has 0 N–H and O–H groups in total. The number of anilines is 1. The Kier molecular flexibility index (Phi) is 3.09. The van der Waals surface area contributed by atoms with Gasteiger partial charge in [0.15, 0.2) is 5.82 Å². The number of allylic oxidation sites excluding steroid dienone is 1. The molecule has 2 aromatic rings. The van der Waals surface area contributed by atoms with E-state index in [2.05, 4.69) is 11.6 Å². The Morgan fingerprint density at radius 2 is 2.05 bits per heavy atom. The van der Waals surface area contributed by atoms with Crippen LogP contribution in [0.2, 0.25) is 0 Å². The second-order valence-electron chi connectivity index (χ2n) is 4.56. The molecule has 7 nitrogen and oxygen atoms in total. The predicted molar refractivity (Wildman–Crippen MR) is 76.7 cm³/mol. The first-order valence-corrected chi connectivity index (χ1v) is 6.41. The highest BCUT2D eigenvalue weighted by molar-refractivity contribution is 5.95. The van der Waals surface area contributed by atoms with Crippen molar-refractivity contribution in [2.75, 3.05) is 12.0 Å². The summed E-state index contributed by atoms with van der Waals surface area (Å²) in [5.74, 6) is 1.15. The van der Waals surface area contributed by atoms with Gasteiger partial charge in [-0.3, -0.25) is 4.90 Å². The molecule has 2 heterocycles. The van der Waals surface area contributed by atoms with Crippen LogP contribution < -0.4 is 15.3 Å². The summed E-state index contributed by atoms with van der Waals surface area (Å²) in [6.45, 7) is 4.10. The average molecular weight is 286 g/mol. The number of ether oxygens (including phenoxy) is 1. The summed E-state index contributed by atoms with van der Waals surface area (Å²) >= 11 is 0. The number of amides is 1. The van der Waals surface area contributed by atoms with Crippen LogP contribution in [0.25, 0.3) is 0 Å².